The standard InChI is InChI=1S/C17H34N2/c1-5-6-16(13-18-15-7-8-15)19-11-9-14(10-12-19)17(2,3)4/h14-16,18H,5-13H2,1-4H3. The van der Waals surface area contributed by atoms with Gasteiger partial charge in [-0.3, -0.25) is 4.90 Å². The molecule has 0 amide bonds. The van der Waals surface area contributed by atoms with Crippen LogP contribution in [-0.4, -0.2) is 36.6 Å². The van der Waals surface area contributed by atoms with Crippen molar-refractivity contribution in [2.75, 3.05) is 19.6 Å². The third-order valence-corrected chi connectivity index (χ3v) is 5.11. The minimum atomic E-state index is 0.499. The summed E-state index contributed by atoms with van der Waals surface area (Å²) in [7, 11) is 0. The highest BCUT2D eigenvalue weighted by molar-refractivity contribution is 4.87. The Balaban J connectivity index is 1.78. The maximum absolute atomic E-state index is 3.74. The largest absolute Gasteiger partial charge is 0.312 e. The first-order chi connectivity index (χ1) is 9.00. The summed E-state index contributed by atoms with van der Waals surface area (Å²) >= 11 is 0. The van der Waals surface area contributed by atoms with Crippen LogP contribution in [0.25, 0.3) is 0 Å². The highest BCUT2D eigenvalue weighted by Crippen LogP contribution is 2.35. The summed E-state index contributed by atoms with van der Waals surface area (Å²) in [4.78, 5) is 2.76. The molecule has 1 N–H and O–H groups in total. The van der Waals surface area contributed by atoms with E-state index in [1.165, 1.54) is 58.2 Å². The fraction of sp³-hybridized carbons (Fsp3) is 1.00. The molecule has 1 heterocycles. The fourth-order valence-electron chi connectivity index (χ4n) is 3.47. The maximum Gasteiger partial charge on any atom is 0.0220 e. The van der Waals surface area contributed by atoms with Crippen LogP contribution < -0.4 is 5.32 Å². The lowest BCUT2D eigenvalue weighted by atomic mass is 9.75. The number of piperidine rings is 1. The molecule has 0 radical (unpaired) electrons. The van der Waals surface area contributed by atoms with Gasteiger partial charge >= 0.3 is 0 Å². The van der Waals surface area contributed by atoms with E-state index in [0.717, 1.165) is 18.0 Å². The molecule has 2 fully saturated rings. The van der Waals surface area contributed by atoms with E-state index in [9.17, 15) is 0 Å². The Labute approximate surface area is 120 Å². The van der Waals surface area contributed by atoms with Gasteiger partial charge in [-0.05, 0) is 56.5 Å². The zero-order chi connectivity index (χ0) is 13.9. The number of hydrogen-bond acceptors (Lipinski definition) is 2. The molecule has 2 nitrogen and oxygen atoms in total. The summed E-state index contributed by atoms with van der Waals surface area (Å²) in [6, 6.07) is 1.64. The molecule has 0 aromatic heterocycles. The summed E-state index contributed by atoms with van der Waals surface area (Å²) in [6.45, 7) is 13.4. The average molecular weight is 266 g/mol. The summed E-state index contributed by atoms with van der Waals surface area (Å²) in [5, 5.41) is 3.74. The summed E-state index contributed by atoms with van der Waals surface area (Å²) < 4.78 is 0. The molecule has 2 heteroatoms. The quantitative estimate of drug-likeness (QED) is 0.789. The van der Waals surface area contributed by atoms with Gasteiger partial charge in [0, 0.05) is 18.6 Å². The van der Waals surface area contributed by atoms with Crippen LogP contribution in [0, 0.1) is 11.3 Å². The molecule has 19 heavy (non-hydrogen) atoms. The first kappa shape index (κ1) is 15.3. The Morgan fingerprint density at radius 2 is 1.74 bits per heavy atom. The third-order valence-electron chi connectivity index (χ3n) is 5.11. The first-order valence-corrected chi connectivity index (χ1v) is 8.48. The van der Waals surface area contributed by atoms with Gasteiger partial charge in [-0.15, -0.1) is 0 Å². The Bertz CT molecular complexity index is 257. The van der Waals surface area contributed by atoms with Gasteiger partial charge in [-0.25, -0.2) is 0 Å². The summed E-state index contributed by atoms with van der Waals surface area (Å²) in [5.74, 6) is 0.919. The predicted molar refractivity (Wildman–Crippen MR) is 83.5 cm³/mol. The van der Waals surface area contributed by atoms with E-state index in [1.54, 1.807) is 0 Å². The van der Waals surface area contributed by atoms with Crippen LogP contribution in [0.2, 0.25) is 0 Å². The van der Waals surface area contributed by atoms with Gasteiger partial charge in [0.05, 0.1) is 0 Å². The first-order valence-electron chi connectivity index (χ1n) is 8.48. The minimum Gasteiger partial charge on any atom is -0.312 e. The number of likely N-dealkylation sites (tertiary alicyclic amines) is 1. The van der Waals surface area contributed by atoms with Crippen molar-refractivity contribution >= 4 is 0 Å². The highest BCUT2D eigenvalue weighted by atomic mass is 15.2. The molecule has 1 saturated heterocycles. The molecule has 2 rings (SSSR count). The smallest absolute Gasteiger partial charge is 0.0220 e. The molecule has 0 aromatic rings. The molecule has 0 bridgehead atoms. The van der Waals surface area contributed by atoms with Crippen molar-refractivity contribution in [1.29, 1.82) is 0 Å². The predicted octanol–water partition coefficient (Wildman–Crippen LogP) is 3.67. The minimum absolute atomic E-state index is 0.499. The van der Waals surface area contributed by atoms with Crippen molar-refractivity contribution in [1.82, 2.24) is 10.2 Å². The summed E-state index contributed by atoms with van der Waals surface area (Å²) in [5.41, 5.74) is 0.499. The topological polar surface area (TPSA) is 15.3 Å². The van der Waals surface area contributed by atoms with Crippen LogP contribution in [-0.2, 0) is 0 Å². The van der Waals surface area contributed by atoms with Crippen molar-refractivity contribution < 1.29 is 0 Å². The Kier molecular flexibility index (Phi) is 5.30. The van der Waals surface area contributed by atoms with E-state index < -0.39 is 0 Å². The normalized spacial score (nSPS) is 24.6. The van der Waals surface area contributed by atoms with E-state index in [-0.39, 0.29) is 0 Å². The van der Waals surface area contributed by atoms with Gasteiger partial charge in [0.1, 0.15) is 0 Å². The number of hydrogen-bond donors (Lipinski definition) is 1. The van der Waals surface area contributed by atoms with E-state index >= 15 is 0 Å². The second-order valence-corrected chi connectivity index (χ2v) is 7.80. The van der Waals surface area contributed by atoms with E-state index in [1.807, 2.05) is 0 Å². The van der Waals surface area contributed by atoms with E-state index in [0.29, 0.717) is 5.41 Å². The van der Waals surface area contributed by atoms with E-state index in [2.05, 4.69) is 37.9 Å². The van der Waals surface area contributed by atoms with Gasteiger partial charge in [-0.1, -0.05) is 34.1 Å². The van der Waals surface area contributed by atoms with Gasteiger partial charge < -0.3 is 5.32 Å². The lowest BCUT2D eigenvalue weighted by Gasteiger charge is -2.42. The lowest BCUT2D eigenvalue weighted by molar-refractivity contribution is 0.0785. The molecule has 2 aliphatic rings. The molecule has 112 valence electrons. The molecular weight excluding hydrogens is 232 g/mol. The van der Waals surface area contributed by atoms with Gasteiger partial charge in [-0.2, -0.15) is 0 Å². The number of nitrogens with one attached hydrogen (secondary N) is 1. The van der Waals surface area contributed by atoms with Crippen molar-refractivity contribution in [3.8, 4) is 0 Å². The molecule has 1 saturated carbocycles. The molecule has 1 unspecified atom stereocenters. The Hall–Kier alpha value is -0.0800. The van der Waals surface area contributed by atoms with E-state index in [4.69, 9.17) is 0 Å². The van der Waals surface area contributed by atoms with Crippen LogP contribution in [0.1, 0.15) is 66.2 Å². The number of nitrogens with zero attached hydrogens (tertiary/aromatic N) is 1. The second-order valence-electron chi connectivity index (χ2n) is 7.80. The van der Waals surface area contributed by atoms with Crippen LogP contribution in [0.15, 0.2) is 0 Å². The summed E-state index contributed by atoms with van der Waals surface area (Å²) in [6.07, 6.45) is 8.28. The zero-order valence-electron chi connectivity index (χ0n) is 13.5. The van der Waals surface area contributed by atoms with Crippen molar-refractivity contribution in [3.63, 3.8) is 0 Å². The molecular formula is C17H34N2. The monoisotopic (exact) mass is 266 g/mol. The van der Waals surface area contributed by atoms with Crippen LogP contribution in [0.3, 0.4) is 0 Å². The molecule has 1 aliphatic heterocycles. The van der Waals surface area contributed by atoms with Gasteiger partial charge in [0.25, 0.3) is 0 Å². The molecule has 1 aliphatic carbocycles. The Morgan fingerprint density at radius 3 is 2.21 bits per heavy atom. The van der Waals surface area contributed by atoms with Gasteiger partial charge in [0.2, 0.25) is 0 Å². The molecule has 0 aromatic carbocycles. The van der Waals surface area contributed by atoms with Crippen molar-refractivity contribution in [2.45, 2.75) is 78.3 Å². The fourth-order valence-corrected chi connectivity index (χ4v) is 3.47. The van der Waals surface area contributed by atoms with Crippen LogP contribution >= 0.6 is 0 Å². The number of rotatable bonds is 6. The molecule has 1 atom stereocenters. The van der Waals surface area contributed by atoms with Crippen molar-refractivity contribution in [2.24, 2.45) is 11.3 Å². The SMILES string of the molecule is CCCC(CNC1CC1)N1CCC(C(C)(C)C)CC1. The Morgan fingerprint density at radius 1 is 1.11 bits per heavy atom. The van der Waals surface area contributed by atoms with Gasteiger partial charge in [0.15, 0.2) is 0 Å². The van der Waals surface area contributed by atoms with Crippen LogP contribution in [0.5, 0.6) is 0 Å². The lowest BCUT2D eigenvalue weighted by Crippen LogP contribution is -2.48. The zero-order valence-corrected chi connectivity index (χ0v) is 13.5. The second kappa shape index (κ2) is 6.58. The van der Waals surface area contributed by atoms with Crippen molar-refractivity contribution in [3.05, 3.63) is 0 Å². The van der Waals surface area contributed by atoms with Crippen LogP contribution in [0.4, 0.5) is 0 Å². The molecule has 0 spiro atoms. The highest BCUT2D eigenvalue weighted by Gasteiger charge is 2.31. The third kappa shape index (κ3) is 4.75. The average Bonchev–Trinajstić information content (AvgIpc) is 3.17. The maximum atomic E-state index is 3.74.